The summed E-state index contributed by atoms with van der Waals surface area (Å²) in [5.41, 5.74) is 1.15. The smallest absolute Gasteiger partial charge is 0.316 e. The van der Waals surface area contributed by atoms with Gasteiger partial charge in [-0.1, -0.05) is 12.1 Å². The summed E-state index contributed by atoms with van der Waals surface area (Å²) in [6, 6.07) is 7.80. The van der Waals surface area contributed by atoms with E-state index in [1.807, 2.05) is 31.2 Å². The van der Waals surface area contributed by atoms with Crippen LogP contribution >= 0.6 is 0 Å². The lowest BCUT2D eigenvalue weighted by Crippen LogP contribution is -2.12. The molecule has 1 rings (SSSR count). The van der Waals surface area contributed by atoms with Gasteiger partial charge in [-0.05, 0) is 37.5 Å². The van der Waals surface area contributed by atoms with Gasteiger partial charge < -0.3 is 9.84 Å². The zero-order valence-electron chi connectivity index (χ0n) is 10.4. The zero-order chi connectivity index (χ0) is 13.4. The van der Waals surface area contributed by atoms with E-state index in [0.29, 0.717) is 18.8 Å². The van der Waals surface area contributed by atoms with E-state index in [2.05, 4.69) is 0 Å². The first-order chi connectivity index (χ1) is 8.58. The fraction of sp³-hybridized carbons (Fsp3) is 0.462. The Labute approximate surface area is 109 Å². The van der Waals surface area contributed by atoms with Gasteiger partial charge in [0.2, 0.25) is 0 Å². The summed E-state index contributed by atoms with van der Waals surface area (Å²) in [6.45, 7) is 2.57. The first kappa shape index (κ1) is 14.7. The van der Waals surface area contributed by atoms with E-state index in [4.69, 9.17) is 9.84 Å². The molecule has 0 fully saturated rings. The molecule has 100 valence electrons. The first-order valence-corrected chi connectivity index (χ1v) is 7.33. The topological polar surface area (TPSA) is 63.6 Å². The second-order valence-corrected chi connectivity index (χ2v) is 5.63. The Morgan fingerprint density at radius 3 is 2.83 bits per heavy atom. The van der Waals surface area contributed by atoms with Crippen LogP contribution in [0.1, 0.15) is 18.4 Å². The number of rotatable bonds is 8. The van der Waals surface area contributed by atoms with Crippen molar-refractivity contribution in [2.45, 2.75) is 19.8 Å². The molecule has 0 spiro atoms. The van der Waals surface area contributed by atoms with Gasteiger partial charge in [0, 0.05) is 16.6 Å². The highest BCUT2D eigenvalue weighted by Gasteiger charge is 2.05. The van der Waals surface area contributed by atoms with Crippen molar-refractivity contribution in [2.75, 3.05) is 18.1 Å². The van der Waals surface area contributed by atoms with E-state index < -0.39 is 16.8 Å². The van der Waals surface area contributed by atoms with Gasteiger partial charge in [-0.15, -0.1) is 0 Å². The standard InChI is InChI=1S/C13H18O4S/c1-11-5-4-6-12(9-11)17-7-2-3-8-18(16)10-13(14)15/h4-6,9H,2-3,7-8,10H2,1H3,(H,14,15). The van der Waals surface area contributed by atoms with E-state index in [9.17, 15) is 9.00 Å². The Balaban J connectivity index is 2.12. The average Bonchev–Trinajstić information content (AvgIpc) is 2.27. The molecule has 0 radical (unpaired) electrons. The minimum atomic E-state index is -1.26. The number of aliphatic carboxylic acids is 1. The summed E-state index contributed by atoms with van der Waals surface area (Å²) in [4.78, 5) is 10.3. The van der Waals surface area contributed by atoms with Crippen molar-refractivity contribution in [2.24, 2.45) is 0 Å². The maximum atomic E-state index is 11.2. The van der Waals surface area contributed by atoms with Crippen molar-refractivity contribution in [3.63, 3.8) is 0 Å². The minimum Gasteiger partial charge on any atom is -0.494 e. The zero-order valence-corrected chi connectivity index (χ0v) is 11.2. The van der Waals surface area contributed by atoms with E-state index in [1.54, 1.807) is 0 Å². The predicted octanol–water partition coefficient (Wildman–Crippen LogP) is 1.99. The summed E-state index contributed by atoms with van der Waals surface area (Å²) >= 11 is 0. The molecule has 0 amide bonds. The molecule has 1 aromatic carbocycles. The van der Waals surface area contributed by atoms with E-state index in [-0.39, 0.29) is 5.75 Å². The van der Waals surface area contributed by atoms with Crippen LogP contribution in [0.25, 0.3) is 0 Å². The molecule has 5 heteroatoms. The van der Waals surface area contributed by atoms with Crippen molar-refractivity contribution < 1.29 is 18.8 Å². The number of ether oxygens (including phenoxy) is 1. The number of unbranched alkanes of at least 4 members (excludes halogenated alkanes) is 1. The summed E-state index contributed by atoms with van der Waals surface area (Å²) < 4.78 is 16.8. The number of carboxylic acids is 1. The molecule has 1 atom stereocenters. The highest BCUT2D eigenvalue weighted by Crippen LogP contribution is 2.12. The van der Waals surface area contributed by atoms with Crippen molar-refractivity contribution in [1.82, 2.24) is 0 Å². The van der Waals surface area contributed by atoms with Crippen LogP contribution in [0.5, 0.6) is 5.75 Å². The molecule has 1 unspecified atom stereocenters. The Kier molecular flexibility index (Phi) is 6.43. The van der Waals surface area contributed by atoms with Gasteiger partial charge in [0.1, 0.15) is 11.5 Å². The molecule has 0 heterocycles. The molecule has 0 aliphatic heterocycles. The molecule has 1 aromatic rings. The Hall–Kier alpha value is -1.36. The van der Waals surface area contributed by atoms with Crippen LogP contribution in [0.3, 0.4) is 0 Å². The van der Waals surface area contributed by atoms with Crippen molar-refractivity contribution >= 4 is 16.8 Å². The van der Waals surface area contributed by atoms with Crippen LogP contribution in [0, 0.1) is 6.92 Å². The number of carbonyl (C=O) groups is 1. The summed E-state index contributed by atoms with van der Waals surface area (Å²) in [5, 5.41) is 8.44. The fourth-order valence-electron chi connectivity index (χ4n) is 1.47. The highest BCUT2D eigenvalue weighted by molar-refractivity contribution is 7.85. The summed E-state index contributed by atoms with van der Waals surface area (Å²) in [5.74, 6) is -0.0200. The lowest BCUT2D eigenvalue weighted by molar-refractivity contribution is -0.133. The number of hydrogen-bond donors (Lipinski definition) is 1. The predicted molar refractivity (Wildman–Crippen MR) is 71.4 cm³/mol. The van der Waals surface area contributed by atoms with Gasteiger partial charge in [0.15, 0.2) is 0 Å². The highest BCUT2D eigenvalue weighted by atomic mass is 32.2. The molecule has 0 bridgehead atoms. The second kappa shape index (κ2) is 7.87. The van der Waals surface area contributed by atoms with Gasteiger partial charge >= 0.3 is 5.97 Å². The van der Waals surface area contributed by atoms with Gasteiger partial charge in [-0.2, -0.15) is 0 Å². The third-order valence-corrected chi connectivity index (χ3v) is 3.62. The lowest BCUT2D eigenvalue weighted by Gasteiger charge is -2.06. The van der Waals surface area contributed by atoms with E-state index in [1.165, 1.54) is 0 Å². The number of hydrogen-bond acceptors (Lipinski definition) is 3. The minimum absolute atomic E-state index is 0.265. The quantitative estimate of drug-likeness (QED) is 0.734. The first-order valence-electron chi connectivity index (χ1n) is 5.84. The Bertz CT molecular complexity index is 417. The number of benzene rings is 1. The van der Waals surface area contributed by atoms with Crippen molar-refractivity contribution in [1.29, 1.82) is 0 Å². The molecular weight excluding hydrogens is 252 g/mol. The summed E-state index contributed by atoms with van der Waals surface area (Å²) in [7, 11) is -1.26. The third kappa shape index (κ3) is 6.39. The normalized spacial score (nSPS) is 12.1. The molecule has 0 aliphatic carbocycles. The van der Waals surface area contributed by atoms with Crippen LogP contribution < -0.4 is 4.74 Å². The lowest BCUT2D eigenvalue weighted by atomic mass is 10.2. The van der Waals surface area contributed by atoms with Gasteiger partial charge in [0.05, 0.1) is 6.61 Å². The van der Waals surface area contributed by atoms with E-state index in [0.717, 1.165) is 17.7 Å². The molecule has 0 aromatic heterocycles. The Morgan fingerprint density at radius 1 is 1.39 bits per heavy atom. The maximum absolute atomic E-state index is 11.2. The van der Waals surface area contributed by atoms with Crippen molar-refractivity contribution in [3.05, 3.63) is 29.8 Å². The summed E-state index contributed by atoms with van der Waals surface area (Å²) in [6.07, 6.45) is 1.49. The van der Waals surface area contributed by atoms with Gasteiger partial charge in [-0.3, -0.25) is 9.00 Å². The molecule has 0 saturated heterocycles. The van der Waals surface area contributed by atoms with Crippen LogP contribution in [-0.4, -0.2) is 33.4 Å². The average molecular weight is 270 g/mol. The SMILES string of the molecule is Cc1cccc(OCCCCS(=O)CC(=O)O)c1. The van der Waals surface area contributed by atoms with Crippen LogP contribution in [-0.2, 0) is 15.6 Å². The third-order valence-electron chi connectivity index (χ3n) is 2.31. The van der Waals surface area contributed by atoms with Crippen LogP contribution in [0.2, 0.25) is 0 Å². The maximum Gasteiger partial charge on any atom is 0.316 e. The molecule has 0 saturated carbocycles. The monoisotopic (exact) mass is 270 g/mol. The second-order valence-electron chi connectivity index (χ2n) is 4.05. The van der Waals surface area contributed by atoms with Gasteiger partial charge in [-0.25, -0.2) is 0 Å². The number of carboxylic acid groups (broad SMARTS) is 1. The molecular formula is C13H18O4S. The molecule has 0 aliphatic rings. The molecule has 4 nitrogen and oxygen atoms in total. The number of aryl methyl sites for hydroxylation is 1. The molecule has 18 heavy (non-hydrogen) atoms. The van der Waals surface area contributed by atoms with Crippen molar-refractivity contribution in [3.8, 4) is 5.75 Å². The Morgan fingerprint density at radius 2 is 2.17 bits per heavy atom. The van der Waals surface area contributed by atoms with Crippen LogP contribution in [0.4, 0.5) is 0 Å². The van der Waals surface area contributed by atoms with E-state index >= 15 is 0 Å². The fourth-order valence-corrected chi connectivity index (χ4v) is 2.42. The largest absolute Gasteiger partial charge is 0.494 e. The molecule has 1 N–H and O–H groups in total. The van der Waals surface area contributed by atoms with Gasteiger partial charge in [0.25, 0.3) is 0 Å². The van der Waals surface area contributed by atoms with Crippen LogP contribution in [0.15, 0.2) is 24.3 Å².